The van der Waals surface area contributed by atoms with E-state index in [0.717, 1.165) is 5.57 Å². The fourth-order valence-corrected chi connectivity index (χ4v) is 6.76. The van der Waals surface area contributed by atoms with Crippen molar-refractivity contribution < 1.29 is 37.5 Å². The van der Waals surface area contributed by atoms with Crippen LogP contribution in [0.2, 0.25) is 18.1 Å². The molecule has 0 spiro atoms. The second-order valence-corrected chi connectivity index (χ2v) is 18.8. The fraction of sp³-hybridized carbons (Fsp3) is 0.600. The van der Waals surface area contributed by atoms with Gasteiger partial charge in [-0.3, -0.25) is 9.59 Å². The molecule has 1 saturated heterocycles. The van der Waals surface area contributed by atoms with E-state index in [0.29, 0.717) is 19.3 Å². The topological polar surface area (TPSA) is 157 Å². The molecule has 1 unspecified atom stereocenters. The molecule has 3 rings (SSSR count). The number of esters is 1. The van der Waals surface area contributed by atoms with Gasteiger partial charge in [-0.05, 0) is 50.4 Å². The highest BCUT2D eigenvalue weighted by atomic mass is 28.4. The van der Waals surface area contributed by atoms with Crippen LogP contribution in [-0.4, -0.2) is 91.3 Å². The first kappa shape index (κ1) is 39.0. The Morgan fingerprint density at radius 3 is 2.69 bits per heavy atom. The Morgan fingerprint density at radius 1 is 1.29 bits per heavy atom. The maximum Gasteiger partial charge on any atom is 0.329 e. The number of cyclic esters (lactones) is 1. The van der Waals surface area contributed by atoms with Crippen LogP contribution in [0.15, 0.2) is 59.3 Å². The lowest BCUT2D eigenvalue weighted by molar-refractivity contribution is -0.157. The smallest absolute Gasteiger partial charge is 0.329 e. The van der Waals surface area contributed by atoms with E-state index in [1.165, 1.54) is 17.2 Å². The number of allylic oxidation sites excluding steroid dienone is 3. The van der Waals surface area contributed by atoms with Gasteiger partial charge in [-0.1, -0.05) is 56.7 Å². The summed E-state index contributed by atoms with van der Waals surface area (Å²) in [4.78, 5) is 45.4. The fourth-order valence-electron chi connectivity index (χ4n) is 5.48. The highest BCUT2D eigenvalue weighted by Crippen LogP contribution is 2.38. The molecule has 2 amide bonds. The van der Waals surface area contributed by atoms with Crippen LogP contribution in [0.1, 0.15) is 69.8 Å². The first-order chi connectivity index (χ1) is 22.6. The molecule has 0 aromatic carbocycles. The average molecular weight is 689 g/mol. The summed E-state index contributed by atoms with van der Waals surface area (Å²) in [7, 11) is -2.28. The molecule has 1 fully saturated rings. The summed E-state index contributed by atoms with van der Waals surface area (Å²) in [6, 6.07) is -1.88. The normalized spacial score (nSPS) is 28.8. The summed E-state index contributed by atoms with van der Waals surface area (Å²) in [5, 5.41) is 12.6. The van der Waals surface area contributed by atoms with Crippen LogP contribution in [0.5, 0.6) is 0 Å². The molecule has 0 radical (unpaired) electrons. The van der Waals surface area contributed by atoms with Gasteiger partial charge in [0.05, 0.1) is 25.2 Å². The number of aliphatic hydroxyl groups excluding tert-OH is 1. The van der Waals surface area contributed by atoms with Crippen LogP contribution in [0.3, 0.4) is 0 Å². The van der Waals surface area contributed by atoms with Gasteiger partial charge in [0, 0.05) is 25.4 Å². The minimum absolute atomic E-state index is 0.0349. The predicted molar refractivity (Wildman–Crippen MR) is 184 cm³/mol. The lowest BCUT2D eigenvalue weighted by Crippen LogP contribution is -2.49. The Labute approximate surface area is 284 Å². The number of oxazole rings is 1. The summed E-state index contributed by atoms with van der Waals surface area (Å²) >= 11 is 0. The molecule has 2 aliphatic heterocycles. The van der Waals surface area contributed by atoms with Crippen molar-refractivity contribution >= 4 is 26.1 Å². The van der Waals surface area contributed by atoms with Crippen molar-refractivity contribution in [1.82, 2.24) is 15.2 Å². The zero-order valence-corrected chi connectivity index (χ0v) is 30.1. The number of hydrogen-bond donors (Lipinski definition) is 3. The number of fused-ring (bicyclic) bond motifs is 3. The molecule has 1 aromatic rings. The first-order valence-electron chi connectivity index (χ1n) is 16.6. The van der Waals surface area contributed by atoms with E-state index >= 15 is 4.39 Å². The highest BCUT2D eigenvalue weighted by Gasteiger charge is 2.41. The van der Waals surface area contributed by atoms with Gasteiger partial charge >= 0.3 is 5.97 Å². The third-order valence-corrected chi connectivity index (χ3v) is 13.7. The van der Waals surface area contributed by atoms with E-state index in [2.05, 4.69) is 50.7 Å². The van der Waals surface area contributed by atoms with Crippen molar-refractivity contribution in [1.29, 1.82) is 0 Å². The zero-order chi connectivity index (χ0) is 35.6. The number of hydrogen-bond acceptors (Lipinski definition) is 9. The second kappa shape index (κ2) is 17.3. The minimum Gasteiger partial charge on any atom is -0.458 e. The Hall–Kier alpha value is -3.39. The number of rotatable bonds is 6. The summed E-state index contributed by atoms with van der Waals surface area (Å²) in [6.45, 7) is 16.3. The number of nitrogens with two attached hydrogens (primary N) is 1. The standard InChI is InChI=1S/C35H53FN4O7Si/c1-8-11-24-14-15-30(42)38-16-9-12-23(2)18-26(47-48(6,7)35(3,4)5)19-25(36)20-31-39-28(22-45-31)33(43)40-17-10-13-29(40)34(44)46-32(24)27(37)21-41/h8-9,12,14-15,18,22,24-27,29,32,41H,1,10-11,13,16-17,19-21,37H2,2-7H3,(H,38,42)/b12-9+,15-14+,23-18+/t24-,25-,26?,27-,29-,32+/m1/s1. The van der Waals surface area contributed by atoms with Gasteiger partial charge in [-0.25, -0.2) is 14.2 Å². The molecule has 0 saturated carbocycles. The largest absolute Gasteiger partial charge is 0.458 e. The lowest BCUT2D eigenvalue weighted by Gasteiger charge is -2.39. The molecular formula is C35H53FN4O7Si. The van der Waals surface area contributed by atoms with Gasteiger partial charge < -0.3 is 34.6 Å². The number of amides is 2. The lowest BCUT2D eigenvalue weighted by atomic mass is 9.92. The molecule has 13 heteroatoms. The van der Waals surface area contributed by atoms with Crippen molar-refractivity contribution in [3.8, 4) is 0 Å². The number of halogens is 1. The zero-order valence-electron chi connectivity index (χ0n) is 29.1. The van der Waals surface area contributed by atoms with E-state index in [9.17, 15) is 19.5 Å². The van der Waals surface area contributed by atoms with Crippen molar-refractivity contribution in [2.45, 2.75) is 108 Å². The third kappa shape index (κ3) is 10.8. The summed E-state index contributed by atoms with van der Waals surface area (Å²) in [5.74, 6) is -2.11. The maximum atomic E-state index is 15.6. The summed E-state index contributed by atoms with van der Waals surface area (Å²) < 4.78 is 33.6. The Kier molecular flexibility index (Phi) is 14.1. The van der Waals surface area contributed by atoms with E-state index in [1.54, 1.807) is 18.2 Å². The molecule has 2 bridgehead atoms. The van der Waals surface area contributed by atoms with Gasteiger partial charge in [-0.15, -0.1) is 6.58 Å². The summed E-state index contributed by atoms with van der Waals surface area (Å²) in [6.07, 6.45) is 9.40. The molecule has 0 aliphatic carbocycles. The third-order valence-electron chi connectivity index (χ3n) is 9.16. The molecule has 1 aromatic heterocycles. The van der Waals surface area contributed by atoms with Crippen molar-refractivity contribution in [3.05, 3.63) is 66.5 Å². The molecule has 4 N–H and O–H groups in total. The molecule has 3 heterocycles. The monoisotopic (exact) mass is 688 g/mol. The van der Waals surface area contributed by atoms with Gasteiger partial charge in [0.15, 0.2) is 19.9 Å². The van der Waals surface area contributed by atoms with Crippen LogP contribution in [0.25, 0.3) is 0 Å². The number of carbonyl (C=O) groups is 3. The Morgan fingerprint density at radius 2 is 2.02 bits per heavy atom. The number of nitrogens with zero attached hydrogens (tertiary/aromatic N) is 2. The van der Waals surface area contributed by atoms with E-state index < -0.39 is 63.2 Å². The SMILES string of the molecule is C=CC[C@@H]1/C=C/C(=O)NC/C=C/C(C)=C/C(O[Si](C)(C)C(C)(C)C)C[C@@H](F)Cc2nc(co2)C(=O)N2CCC[C@@H]2C(=O)O[C@@H]1[C@H](N)CO. The molecule has 6 atom stereocenters. The molecule has 48 heavy (non-hydrogen) atoms. The maximum absolute atomic E-state index is 15.6. The van der Waals surface area contributed by atoms with Crippen molar-refractivity contribution in [2.75, 3.05) is 19.7 Å². The first-order valence-corrected chi connectivity index (χ1v) is 19.5. The highest BCUT2D eigenvalue weighted by molar-refractivity contribution is 6.74. The number of aliphatic hydroxyl groups is 1. The molecular weight excluding hydrogens is 635 g/mol. The van der Waals surface area contributed by atoms with Crippen LogP contribution >= 0.6 is 0 Å². The van der Waals surface area contributed by atoms with E-state index in [-0.39, 0.29) is 48.5 Å². The van der Waals surface area contributed by atoms with Crippen LogP contribution in [0, 0.1) is 5.92 Å². The van der Waals surface area contributed by atoms with Crippen molar-refractivity contribution in [3.63, 3.8) is 0 Å². The van der Waals surface area contributed by atoms with Crippen LogP contribution < -0.4 is 11.1 Å². The number of nitrogens with one attached hydrogen (secondary N) is 1. The number of carbonyl (C=O) groups excluding carboxylic acids is 3. The Balaban J connectivity index is 1.97. The number of ether oxygens (including phenoxy) is 1. The van der Waals surface area contributed by atoms with Crippen LogP contribution in [0.4, 0.5) is 4.39 Å². The van der Waals surface area contributed by atoms with Crippen molar-refractivity contribution in [2.24, 2.45) is 11.7 Å². The molecule has 11 nitrogen and oxygen atoms in total. The Bertz CT molecular complexity index is 1370. The predicted octanol–water partition coefficient (Wildman–Crippen LogP) is 4.55. The van der Waals surface area contributed by atoms with Gasteiger partial charge in [0.2, 0.25) is 5.91 Å². The summed E-state index contributed by atoms with van der Waals surface area (Å²) in [5.41, 5.74) is 6.99. The van der Waals surface area contributed by atoms with E-state index in [1.807, 2.05) is 19.1 Å². The van der Waals surface area contributed by atoms with Gasteiger partial charge in [0.1, 0.15) is 24.6 Å². The number of aromatic nitrogens is 1. The minimum atomic E-state index is -2.28. The molecule has 266 valence electrons. The van der Waals surface area contributed by atoms with Gasteiger partial charge in [-0.2, -0.15) is 0 Å². The quantitative estimate of drug-likeness (QED) is 0.222. The second-order valence-electron chi connectivity index (χ2n) is 14.1. The number of alkyl halides is 1. The van der Waals surface area contributed by atoms with Crippen LogP contribution in [-0.2, 0) is 25.2 Å². The van der Waals surface area contributed by atoms with Gasteiger partial charge in [0.25, 0.3) is 5.91 Å². The molecule has 2 aliphatic rings. The average Bonchev–Trinajstić information content (AvgIpc) is 3.68. The van der Waals surface area contributed by atoms with E-state index in [4.69, 9.17) is 19.3 Å².